The summed E-state index contributed by atoms with van der Waals surface area (Å²) in [6, 6.07) is 13.3. The summed E-state index contributed by atoms with van der Waals surface area (Å²) >= 11 is 0. The fraction of sp³-hybridized carbons (Fsp3) is 0.118. The van der Waals surface area contributed by atoms with Crippen molar-refractivity contribution in [2.75, 3.05) is 4.90 Å². The molecule has 0 bridgehead atoms. The molecule has 2 aromatic carbocycles. The molecule has 2 N–H and O–H groups in total. The minimum Gasteiger partial charge on any atom is -0.474 e. The highest BCUT2D eigenvalue weighted by atomic mass is 16.5. The minimum atomic E-state index is -0.910. The number of imide groups is 1. The number of nitrogens with two attached hydrogens (primary N) is 1. The Balaban J connectivity index is 2.12. The van der Waals surface area contributed by atoms with Crippen molar-refractivity contribution in [3.8, 4) is 5.75 Å². The Hall–Kier alpha value is -3.15. The Morgan fingerprint density at radius 2 is 1.83 bits per heavy atom. The van der Waals surface area contributed by atoms with E-state index < -0.39 is 23.8 Å². The van der Waals surface area contributed by atoms with Gasteiger partial charge in [-0.05, 0) is 18.2 Å². The van der Waals surface area contributed by atoms with Crippen LogP contribution in [0.1, 0.15) is 28.9 Å². The summed E-state index contributed by atoms with van der Waals surface area (Å²) in [7, 11) is 0. The summed E-state index contributed by atoms with van der Waals surface area (Å²) in [4.78, 5) is 37.0. The van der Waals surface area contributed by atoms with Gasteiger partial charge in [-0.25, -0.2) is 4.90 Å². The molecule has 0 fully saturated rings. The molecule has 6 heteroatoms. The standard InChI is InChI=1S/C17H14N2O4/c1-10(20)19-13-9-12(16(18)21)7-8-14(13)23-15(17(19)22)11-5-3-2-4-6-11/h2-9,15H,1H3,(H2,18,21). The molecule has 0 radical (unpaired) electrons. The van der Waals surface area contributed by atoms with Gasteiger partial charge in [0.2, 0.25) is 17.9 Å². The van der Waals surface area contributed by atoms with Crippen LogP contribution in [-0.4, -0.2) is 17.7 Å². The Labute approximate surface area is 132 Å². The first-order valence-electron chi connectivity index (χ1n) is 6.99. The fourth-order valence-electron chi connectivity index (χ4n) is 2.52. The number of carbonyl (C=O) groups is 3. The second-order valence-corrected chi connectivity index (χ2v) is 5.15. The van der Waals surface area contributed by atoms with Crippen molar-refractivity contribution in [3.05, 3.63) is 59.7 Å². The molecule has 1 atom stereocenters. The fourth-order valence-corrected chi connectivity index (χ4v) is 2.52. The predicted octanol–water partition coefficient (Wildman–Crippen LogP) is 1.80. The smallest absolute Gasteiger partial charge is 0.279 e. The quantitative estimate of drug-likeness (QED) is 0.916. The lowest BCUT2D eigenvalue weighted by atomic mass is 10.0. The van der Waals surface area contributed by atoms with Gasteiger partial charge < -0.3 is 10.5 Å². The van der Waals surface area contributed by atoms with Crippen LogP contribution in [0.25, 0.3) is 0 Å². The molecule has 6 nitrogen and oxygen atoms in total. The number of nitrogens with zero attached hydrogens (tertiary/aromatic N) is 1. The maximum atomic E-state index is 12.7. The number of rotatable bonds is 2. The summed E-state index contributed by atoms with van der Waals surface area (Å²) in [5.74, 6) is -1.26. The zero-order valence-electron chi connectivity index (χ0n) is 12.4. The SMILES string of the molecule is CC(=O)N1C(=O)C(c2ccccc2)Oc2ccc(C(N)=O)cc21. The van der Waals surface area contributed by atoms with Crippen molar-refractivity contribution >= 4 is 23.4 Å². The zero-order valence-corrected chi connectivity index (χ0v) is 12.4. The number of carbonyl (C=O) groups excluding carboxylic acids is 3. The third-order valence-corrected chi connectivity index (χ3v) is 3.59. The number of benzene rings is 2. The molecular formula is C17H14N2O4. The molecule has 1 unspecified atom stereocenters. The molecule has 0 saturated carbocycles. The molecule has 23 heavy (non-hydrogen) atoms. The van der Waals surface area contributed by atoms with E-state index in [0.717, 1.165) is 4.90 Å². The Kier molecular flexibility index (Phi) is 3.57. The molecule has 0 saturated heterocycles. The monoisotopic (exact) mass is 310 g/mol. The van der Waals surface area contributed by atoms with Crippen molar-refractivity contribution in [1.82, 2.24) is 0 Å². The molecule has 1 heterocycles. The molecular weight excluding hydrogens is 296 g/mol. The summed E-state index contributed by atoms with van der Waals surface area (Å²) in [5.41, 5.74) is 6.33. The maximum absolute atomic E-state index is 12.7. The number of fused-ring (bicyclic) bond motifs is 1. The second-order valence-electron chi connectivity index (χ2n) is 5.15. The lowest BCUT2D eigenvalue weighted by Crippen LogP contribution is -2.44. The van der Waals surface area contributed by atoms with Gasteiger partial charge in [-0.3, -0.25) is 14.4 Å². The first-order chi connectivity index (χ1) is 11.0. The minimum absolute atomic E-state index is 0.199. The molecule has 3 amide bonds. The highest BCUT2D eigenvalue weighted by Gasteiger charge is 2.38. The number of hydrogen-bond acceptors (Lipinski definition) is 4. The van der Waals surface area contributed by atoms with Gasteiger partial charge in [0.05, 0.1) is 5.69 Å². The lowest BCUT2D eigenvalue weighted by molar-refractivity contribution is -0.131. The van der Waals surface area contributed by atoms with Crippen LogP contribution in [0, 0.1) is 0 Å². The van der Waals surface area contributed by atoms with Gasteiger partial charge in [-0.2, -0.15) is 0 Å². The van der Waals surface area contributed by atoms with Crippen LogP contribution in [0.2, 0.25) is 0 Å². The third kappa shape index (κ3) is 2.55. The zero-order chi connectivity index (χ0) is 16.6. The Bertz CT molecular complexity index is 801. The molecule has 3 rings (SSSR count). The highest BCUT2D eigenvalue weighted by Crippen LogP contribution is 2.39. The highest BCUT2D eigenvalue weighted by molar-refractivity contribution is 6.18. The second kappa shape index (κ2) is 5.57. The van der Waals surface area contributed by atoms with Gasteiger partial charge in [0, 0.05) is 18.1 Å². The summed E-state index contributed by atoms with van der Waals surface area (Å²) in [5, 5.41) is 0. The molecule has 0 aromatic heterocycles. The van der Waals surface area contributed by atoms with Crippen LogP contribution in [0.4, 0.5) is 5.69 Å². The van der Waals surface area contributed by atoms with E-state index in [9.17, 15) is 14.4 Å². The van der Waals surface area contributed by atoms with Gasteiger partial charge in [0.25, 0.3) is 5.91 Å². The van der Waals surface area contributed by atoms with Crippen LogP contribution >= 0.6 is 0 Å². The van der Waals surface area contributed by atoms with Crippen LogP contribution in [0.5, 0.6) is 5.75 Å². The molecule has 1 aliphatic heterocycles. The number of primary amides is 1. The molecule has 0 spiro atoms. The van der Waals surface area contributed by atoms with Gasteiger partial charge >= 0.3 is 0 Å². The van der Waals surface area contributed by atoms with Crippen molar-refractivity contribution in [2.24, 2.45) is 5.73 Å². The summed E-state index contributed by atoms with van der Waals surface area (Å²) in [6.45, 7) is 1.28. The van der Waals surface area contributed by atoms with E-state index in [2.05, 4.69) is 0 Å². The molecule has 2 aromatic rings. The topological polar surface area (TPSA) is 89.7 Å². The lowest BCUT2D eigenvalue weighted by Gasteiger charge is -2.32. The number of ether oxygens (including phenoxy) is 1. The predicted molar refractivity (Wildman–Crippen MR) is 82.9 cm³/mol. The Morgan fingerprint density at radius 3 is 2.43 bits per heavy atom. The van der Waals surface area contributed by atoms with Crippen molar-refractivity contribution in [1.29, 1.82) is 0 Å². The van der Waals surface area contributed by atoms with E-state index in [-0.39, 0.29) is 11.3 Å². The number of amides is 3. The first-order valence-corrected chi connectivity index (χ1v) is 6.99. The van der Waals surface area contributed by atoms with E-state index in [4.69, 9.17) is 10.5 Å². The normalized spacial score (nSPS) is 16.5. The summed E-state index contributed by atoms with van der Waals surface area (Å²) in [6.07, 6.45) is -0.910. The average molecular weight is 310 g/mol. The maximum Gasteiger partial charge on any atom is 0.279 e. The molecule has 116 valence electrons. The van der Waals surface area contributed by atoms with Gasteiger partial charge in [0.15, 0.2) is 0 Å². The van der Waals surface area contributed by atoms with E-state index >= 15 is 0 Å². The average Bonchev–Trinajstić information content (AvgIpc) is 2.54. The van der Waals surface area contributed by atoms with Crippen molar-refractivity contribution < 1.29 is 19.1 Å². The van der Waals surface area contributed by atoms with Gasteiger partial charge in [-0.1, -0.05) is 30.3 Å². The molecule has 0 aliphatic carbocycles. The number of hydrogen-bond donors (Lipinski definition) is 1. The van der Waals surface area contributed by atoms with E-state index in [1.807, 2.05) is 6.07 Å². The van der Waals surface area contributed by atoms with Crippen molar-refractivity contribution in [3.63, 3.8) is 0 Å². The largest absolute Gasteiger partial charge is 0.474 e. The van der Waals surface area contributed by atoms with Crippen LogP contribution in [-0.2, 0) is 9.59 Å². The third-order valence-electron chi connectivity index (χ3n) is 3.59. The Morgan fingerprint density at radius 1 is 1.13 bits per heavy atom. The van der Waals surface area contributed by atoms with E-state index in [0.29, 0.717) is 11.3 Å². The van der Waals surface area contributed by atoms with Gasteiger partial charge in [0.1, 0.15) is 5.75 Å². The van der Waals surface area contributed by atoms with Crippen LogP contribution in [0.15, 0.2) is 48.5 Å². The van der Waals surface area contributed by atoms with Gasteiger partial charge in [-0.15, -0.1) is 0 Å². The number of anilines is 1. The summed E-state index contributed by atoms with van der Waals surface area (Å²) < 4.78 is 5.75. The van der Waals surface area contributed by atoms with Crippen molar-refractivity contribution in [2.45, 2.75) is 13.0 Å². The first kappa shape index (κ1) is 14.8. The van der Waals surface area contributed by atoms with E-state index in [1.165, 1.54) is 25.1 Å². The van der Waals surface area contributed by atoms with Crippen LogP contribution < -0.4 is 15.4 Å². The van der Waals surface area contributed by atoms with E-state index in [1.54, 1.807) is 24.3 Å². The molecule has 1 aliphatic rings. The van der Waals surface area contributed by atoms with Crippen LogP contribution in [0.3, 0.4) is 0 Å².